The van der Waals surface area contributed by atoms with Gasteiger partial charge in [0, 0.05) is 43.2 Å². The number of nitrogens with zero attached hydrogens (tertiary/aromatic N) is 4. The van der Waals surface area contributed by atoms with E-state index in [1.165, 1.54) is 12.1 Å². The molecule has 4 aromatic rings. The number of benzene rings is 1. The lowest BCUT2D eigenvalue weighted by atomic mass is 9.89. The van der Waals surface area contributed by atoms with Gasteiger partial charge in [-0.15, -0.1) is 13.2 Å². The van der Waals surface area contributed by atoms with Crippen molar-refractivity contribution in [2.24, 2.45) is 5.73 Å². The van der Waals surface area contributed by atoms with Crippen LogP contribution in [0.15, 0.2) is 54.9 Å². The number of alkyl halides is 3. The molecule has 1 fully saturated rings. The Morgan fingerprint density at radius 1 is 1.08 bits per heavy atom. The molecule has 1 aromatic carbocycles. The van der Waals surface area contributed by atoms with Gasteiger partial charge >= 0.3 is 6.36 Å². The second kappa shape index (κ2) is 9.57. The first-order chi connectivity index (χ1) is 17.3. The molecule has 3 N–H and O–H groups in total. The van der Waals surface area contributed by atoms with Crippen molar-refractivity contribution >= 4 is 17.1 Å². The van der Waals surface area contributed by atoms with Gasteiger partial charge in [0.25, 0.3) is 5.91 Å². The highest BCUT2D eigenvalue weighted by molar-refractivity contribution is 5.94. The number of fused-ring (bicyclic) bond motifs is 1. The predicted molar refractivity (Wildman–Crippen MR) is 126 cm³/mol. The highest BCUT2D eigenvalue weighted by Crippen LogP contribution is 2.33. The van der Waals surface area contributed by atoms with Gasteiger partial charge in [0.1, 0.15) is 17.1 Å². The first-order valence-corrected chi connectivity index (χ1v) is 11.5. The number of hydrogen-bond acceptors (Lipinski definition) is 6. The maximum Gasteiger partial charge on any atom is 0.573 e. The number of piperidine rings is 1. The van der Waals surface area contributed by atoms with Crippen LogP contribution in [0.5, 0.6) is 5.75 Å². The average molecular weight is 496 g/mol. The average Bonchev–Trinajstić information content (AvgIpc) is 3.33. The monoisotopic (exact) mass is 496 g/mol. The molecule has 0 saturated carbocycles. The standard InChI is InChI=1S/C25H23F3N6O2/c26-25(27,28)36-19-5-2-16(3-6-19)24(35)34-11-8-15(9-12-34)20-7-10-30-23-21(20)32-22(33-23)17-1-4-18(13-29)31-14-17/h1-7,10,14-15H,8-9,11-13,29H2,(H,30,32,33). The number of H-pyrrole nitrogens is 1. The Morgan fingerprint density at radius 3 is 2.47 bits per heavy atom. The molecule has 1 saturated heterocycles. The maximum atomic E-state index is 12.9. The van der Waals surface area contributed by atoms with E-state index in [0.29, 0.717) is 36.7 Å². The van der Waals surface area contributed by atoms with E-state index in [9.17, 15) is 18.0 Å². The summed E-state index contributed by atoms with van der Waals surface area (Å²) >= 11 is 0. The molecule has 1 aliphatic heterocycles. The van der Waals surface area contributed by atoms with Crippen molar-refractivity contribution in [3.8, 4) is 17.1 Å². The van der Waals surface area contributed by atoms with E-state index in [0.717, 1.165) is 47.3 Å². The van der Waals surface area contributed by atoms with Crippen LogP contribution in [0.4, 0.5) is 13.2 Å². The Balaban J connectivity index is 1.28. The minimum absolute atomic E-state index is 0.191. The number of aromatic amines is 1. The lowest BCUT2D eigenvalue weighted by Gasteiger charge is -2.32. The zero-order chi connectivity index (χ0) is 25.3. The molecule has 5 rings (SSSR count). The number of carbonyl (C=O) groups is 1. The minimum atomic E-state index is -4.77. The van der Waals surface area contributed by atoms with Gasteiger partial charge in [-0.2, -0.15) is 0 Å². The zero-order valence-electron chi connectivity index (χ0n) is 19.1. The van der Waals surface area contributed by atoms with Crippen molar-refractivity contribution in [1.82, 2.24) is 24.8 Å². The molecular formula is C25H23F3N6O2. The molecule has 0 bridgehead atoms. The lowest BCUT2D eigenvalue weighted by molar-refractivity contribution is -0.274. The second-order valence-corrected chi connectivity index (χ2v) is 8.56. The molecular weight excluding hydrogens is 473 g/mol. The quantitative estimate of drug-likeness (QED) is 0.424. The number of pyridine rings is 2. The second-order valence-electron chi connectivity index (χ2n) is 8.56. The summed E-state index contributed by atoms with van der Waals surface area (Å²) in [5.41, 5.74) is 10.1. The van der Waals surface area contributed by atoms with Gasteiger partial charge < -0.3 is 20.4 Å². The Labute approximate surface area is 204 Å². The predicted octanol–water partition coefficient (Wildman–Crippen LogP) is 4.40. The lowest BCUT2D eigenvalue weighted by Crippen LogP contribution is -2.38. The van der Waals surface area contributed by atoms with Crippen molar-refractivity contribution in [2.75, 3.05) is 13.1 Å². The molecule has 8 nitrogen and oxygen atoms in total. The molecule has 0 unspecified atom stereocenters. The van der Waals surface area contributed by atoms with Crippen LogP contribution in [0.25, 0.3) is 22.6 Å². The van der Waals surface area contributed by atoms with Crippen LogP contribution in [-0.2, 0) is 6.54 Å². The number of hydrogen-bond donors (Lipinski definition) is 2. The van der Waals surface area contributed by atoms with E-state index in [-0.39, 0.29) is 17.6 Å². The Kier molecular flexibility index (Phi) is 6.31. The number of carbonyl (C=O) groups excluding carboxylic acids is 1. The number of rotatable bonds is 5. The number of aromatic nitrogens is 4. The van der Waals surface area contributed by atoms with Gasteiger partial charge in [-0.25, -0.2) is 9.97 Å². The van der Waals surface area contributed by atoms with Crippen LogP contribution in [0.1, 0.15) is 40.4 Å². The van der Waals surface area contributed by atoms with Crippen molar-refractivity contribution in [3.05, 3.63) is 71.7 Å². The minimum Gasteiger partial charge on any atom is -0.406 e. The fraction of sp³-hybridized carbons (Fsp3) is 0.280. The summed E-state index contributed by atoms with van der Waals surface area (Å²) in [6, 6.07) is 10.7. The first-order valence-electron chi connectivity index (χ1n) is 11.5. The van der Waals surface area contributed by atoms with E-state index in [4.69, 9.17) is 10.7 Å². The van der Waals surface area contributed by atoms with Crippen LogP contribution >= 0.6 is 0 Å². The molecule has 0 radical (unpaired) electrons. The smallest absolute Gasteiger partial charge is 0.406 e. The molecule has 36 heavy (non-hydrogen) atoms. The summed E-state index contributed by atoms with van der Waals surface area (Å²) in [4.78, 5) is 31.4. The van der Waals surface area contributed by atoms with Crippen LogP contribution in [0, 0.1) is 0 Å². The number of halogens is 3. The SMILES string of the molecule is NCc1ccc(-c2nc3c(C4CCN(C(=O)c5ccc(OC(F)(F)F)cc5)CC4)ccnc3[nH]2)cn1. The third-order valence-corrected chi connectivity index (χ3v) is 6.28. The topological polar surface area (TPSA) is 110 Å². The molecule has 0 aliphatic carbocycles. The van der Waals surface area contributed by atoms with Crippen molar-refractivity contribution in [3.63, 3.8) is 0 Å². The first kappa shape index (κ1) is 23.7. The van der Waals surface area contributed by atoms with Crippen molar-refractivity contribution in [1.29, 1.82) is 0 Å². The summed E-state index contributed by atoms with van der Waals surface area (Å²) in [5, 5.41) is 0. The molecule has 1 aliphatic rings. The molecule has 11 heteroatoms. The van der Waals surface area contributed by atoms with E-state index in [1.807, 2.05) is 18.2 Å². The molecule has 4 heterocycles. The van der Waals surface area contributed by atoms with Crippen LogP contribution < -0.4 is 10.5 Å². The Hall–Kier alpha value is -3.99. The largest absolute Gasteiger partial charge is 0.573 e. The van der Waals surface area contributed by atoms with E-state index >= 15 is 0 Å². The number of amides is 1. The number of nitrogens with one attached hydrogen (secondary N) is 1. The van der Waals surface area contributed by atoms with Crippen LogP contribution in [0.3, 0.4) is 0 Å². The normalized spacial score (nSPS) is 14.8. The summed E-state index contributed by atoms with van der Waals surface area (Å²) in [5.74, 6) is 0.286. The molecule has 0 atom stereocenters. The van der Waals surface area contributed by atoms with Crippen molar-refractivity contribution < 1.29 is 22.7 Å². The maximum absolute atomic E-state index is 12.9. The summed E-state index contributed by atoms with van der Waals surface area (Å²) in [6.45, 7) is 1.41. The fourth-order valence-electron chi connectivity index (χ4n) is 4.46. The summed E-state index contributed by atoms with van der Waals surface area (Å²) in [6.07, 6.45) is 0.167. The van der Waals surface area contributed by atoms with E-state index in [1.54, 1.807) is 17.3 Å². The van der Waals surface area contributed by atoms with Crippen LogP contribution in [-0.4, -0.2) is 50.2 Å². The Morgan fingerprint density at radius 2 is 1.83 bits per heavy atom. The molecule has 0 spiro atoms. The molecule has 1 amide bonds. The van der Waals surface area contributed by atoms with Gasteiger partial charge in [0.05, 0.1) is 5.69 Å². The van der Waals surface area contributed by atoms with Crippen molar-refractivity contribution in [2.45, 2.75) is 31.7 Å². The van der Waals surface area contributed by atoms with Gasteiger partial charge in [0.15, 0.2) is 5.65 Å². The van der Waals surface area contributed by atoms with E-state index in [2.05, 4.69) is 19.7 Å². The van der Waals surface area contributed by atoms with Gasteiger partial charge in [-0.3, -0.25) is 9.78 Å². The van der Waals surface area contributed by atoms with Gasteiger partial charge in [0.2, 0.25) is 0 Å². The number of nitrogens with two attached hydrogens (primary N) is 1. The third kappa shape index (κ3) is 5.01. The number of likely N-dealkylation sites (tertiary alicyclic amines) is 1. The van der Waals surface area contributed by atoms with Crippen LogP contribution in [0.2, 0.25) is 0 Å². The Bertz CT molecular complexity index is 1360. The molecule has 186 valence electrons. The van der Waals surface area contributed by atoms with Gasteiger partial charge in [-0.05, 0) is 66.8 Å². The zero-order valence-corrected chi connectivity index (χ0v) is 19.1. The highest BCUT2D eigenvalue weighted by Gasteiger charge is 2.31. The molecule has 3 aromatic heterocycles. The summed E-state index contributed by atoms with van der Waals surface area (Å²) < 4.78 is 41.0. The van der Waals surface area contributed by atoms with Gasteiger partial charge in [-0.1, -0.05) is 0 Å². The fourth-order valence-corrected chi connectivity index (χ4v) is 4.46. The highest BCUT2D eigenvalue weighted by atomic mass is 19.4. The number of ether oxygens (including phenoxy) is 1. The third-order valence-electron chi connectivity index (χ3n) is 6.28. The summed E-state index contributed by atoms with van der Waals surface area (Å²) in [7, 11) is 0. The van der Waals surface area contributed by atoms with E-state index < -0.39 is 6.36 Å². The number of imidazole rings is 1.